The molecule has 0 radical (unpaired) electrons. The van der Waals surface area contributed by atoms with Gasteiger partial charge in [0.1, 0.15) is 11.9 Å². The lowest BCUT2D eigenvalue weighted by Crippen LogP contribution is -1.99. The first-order valence-corrected chi connectivity index (χ1v) is 10.9. The van der Waals surface area contributed by atoms with Gasteiger partial charge in [0.25, 0.3) is 0 Å². The third-order valence-corrected chi connectivity index (χ3v) is 5.85. The predicted octanol–water partition coefficient (Wildman–Crippen LogP) is 6.69. The molecular formula is C27H19ClFN3O2. The van der Waals surface area contributed by atoms with Gasteiger partial charge in [0.05, 0.1) is 22.3 Å². The number of H-pyrrole nitrogens is 1. The molecule has 168 valence electrons. The van der Waals surface area contributed by atoms with E-state index in [1.165, 1.54) is 18.2 Å². The van der Waals surface area contributed by atoms with Crippen LogP contribution in [0.15, 0.2) is 66.9 Å². The van der Waals surface area contributed by atoms with E-state index >= 15 is 0 Å². The Kier molecular flexibility index (Phi) is 6.58. The maximum atomic E-state index is 13.8. The van der Waals surface area contributed by atoms with Crippen LogP contribution in [0.25, 0.3) is 28.1 Å². The molecule has 34 heavy (non-hydrogen) atoms. The molecule has 5 nitrogen and oxygen atoms in total. The van der Waals surface area contributed by atoms with Gasteiger partial charge in [0.15, 0.2) is 0 Å². The Bertz CT molecular complexity index is 1490. The fourth-order valence-corrected chi connectivity index (χ4v) is 4.28. The van der Waals surface area contributed by atoms with Gasteiger partial charge in [-0.15, -0.1) is 0 Å². The Labute approximate surface area is 200 Å². The Morgan fingerprint density at radius 1 is 1.18 bits per heavy atom. The summed E-state index contributed by atoms with van der Waals surface area (Å²) in [5, 5.41) is 26.9. The smallest absolute Gasteiger partial charge is 0.328 e. The van der Waals surface area contributed by atoms with Crippen molar-refractivity contribution in [3.05, 3.63) is 106 Å². The van der Waals surface area contributed by atoms with Crippen molar-refractivity contribution in [3.63, 3.8) is 0 Å². The molecule has 0 amide bonds. The van der Waals surface area contributed by atoms with Crippen molar-refractivity contribution in [1.29, 1.82) is 5.26 Å². The van der Waals surface area contributed by atoms with Gasteiger partial charge in [0.2, 0.25) is 0 Å². The Morgan fingerprint density at radius 3 is 2.56 bits per heavy atom. The van der Waals surface area contributed by atoms with Crippen molar-refractivity contribution in [3.8, 4) is 6.07 Å². The minimum Gasteiger partial charge on any atom is -0.478 e. The zero-order valence-electron chi connectivity index (χ0n) is 18.1. The van der Waals surface area contributed by atoms with Gasteiger partial charge >= 0.3 is 5.97 Å². The molecule has 0 spiro atoms. The van der Waals surface area contributed by atoms with Crippen LogP contribution in [0.3, 0.4) is 0 Å². The normalized spacial score (nSPS) is 12.1. The minimum absolute atomic E-state index is 0.276. The highest BCUT2D eigenvalue weighted by Gasteiger charge is 2.20. The van der Waals surface area contributed by atoms with E-state index in [-0.39, 0.29) is 5.02 Å². The molecule has 0 bridgehead atoms. The fraction of sp³-hybridized carbons (Fsp3) is 0.0741. The highest BCUT2D eigenvalue weighted by Crippen LogP contribution is 2.39. The van der Waals surface area contributed by atoms with Crippen LogP contribution in [0.4, 0.5) is 4.39 Å². The van der Waals surface area contributed by atoms with Gasteiger partial charge in [-0.05, 0) is 58.5 Å². The zero-order chi connectivity index (χ0) is 24.2. The van der Waals surface area contributed by atoms with Crippen LogP contribution in [0.5, 0.6) is 0 Å². The number of nitrogens with one attached hydrogen (secondary N) is 1. The molecule has 0 aliphatic heterocycles. The number of halogens is 2. The summed E-state index contributed by atoms with van der Waals surface area (Å²) in [6.07, 6.45) is 4.76. The predicted molar refractivity (Wildman–Crippen MR) is 132 cm³/mol. The van der Waals surface area contributed by atoms with Crippen LogP contribution >= 0.6 is 11.6 Å². The molecule has 4 aromatic rings. The largest absolute Gasteiger partial charge is 0.478 e. The highest BCUT2D eigenvalue weighted by atomic mass is 35.5. The van der Waals surface area contributed by atoms with E-state index in [2.05, 4.69) is 16.3 Å². The van der Waals surface area contributed by atoms with Crippen molar-refractivity contribution in [2.75, 3.05) is 0 Å². The Balaban J connectivity index is 2.02. The number of benzene rings is 3. The quantitative estimate of drug-likeness (QED) is 0.242. The SMILES string of the molecule is CCC(=C(c1ccc(C=CC(=O)O)cc1)c1ccc2[nH]ncc2c1C#N)c1ccc(F)cc1Cl. The molecular weight excluding hydrogens is 453 g/mol. The van der Waals surface area contributed by atoms with E-state index in [0.717, 1.165) is 28.3 Å². The van der Waals surface area contributed by atoms with Gasteiger partial charge in [0, 0.05) is 17.0 Å². The standard InChI is InChI=1S/C27H19ClFN3O2/c1-2-19(20-9-8-18(29)13-24(20)28)27(17-6-3-16(4-7-17)5-12-26(33)34)21-10-11-25-23(15-31-32-25)22(21)14-30/h3-13,15H,2H2,1H3,(H,31,32)(H,33,34). The van der Waals surface area contributed by atoms with Crippen molar-refractivity contribution >= 4 is 45.7 Å². The molecule has 1 aromatic heterocycles. The number of carboxylic acids is 1. The van der Waals surface area contributed by atoms with Crippen LogP contribution in [-0.4, -0.2) is 21.3 Å². The summed E-state index contributed by atoms with van der Waals surface area (Å²) in [4.78, 5) is 10.9. The molecule has 4 rings (SSSR count). The lowest BCUT2D eigenvalue weighted by molar-refractivity contribution is -0.131. The number of carboxylic acid groups (broad SMARTS) is 1. The number of aromatic nitrogens is 2. The maximum Gasteiger partial charge on any atom is 0.328 e. The fourth-order valence-electron chi connectivity index (χ4n) is 4.00. The summed E-state index contributed by atoms with van der Waals surface area (Å²) in [7, 11) is 0. The number of rotatable bonds is 6. The van der Waals surface area contributed by atoms with Crippen LogP contribution in [0.1, 0.15) is 41.2 Å². The van der Waals surface area contributed by atoms with Crippen molar-refractivity contribution in [2.45, 2.75) is 13.3 Å². The van der Waals surface area contributed by atoms with Crippen LogP contribution in [-0.2, 0) is 4.79 Å². The second kappa shape index (κ2) is 9.74. The summed E-state index contributed by atoms with van der Waals surface area (Å²) in [6.45, 7) is 1.97. The summed E-state index contributed by atoms with van der Waals surface area (Å²) in [5.74, 6) is -1.46. The van der Waals surface area contributed by atoms with Crippen LogP contribution in [0.2, 0.25) is 5.02 Å². The Morgan fingerprint density at radius 2 is 1.91 bits per heavy atom. The highest BCUT2D eigenvalue weighted by molar-refractivity contribution is 6.32. The number of fused-ring (bicyclic) bond motifs is 1. The molecule has 7 heteroatoms. The van der Waals surface area contributed by atoms with Gasteiger partial charge in [-0.1, -0.05) is 54.9 Å². The van der Waals surface area contributed by atoms with E-state index in [4.69, 9.17) is 16.7 Å². The second-order valence-corrected chi connectivity index (χ2v) is 7.96. The summed E-state index contributed by atoms with van der Waals surface area (Å²) in [6, 6.07) is 17.6. The zero-order valence-corrected chi connectivity index (χ0v) is 18.9. The number of aliphatic carboxylic acids is 1. The monoisotopic (exact) mass is 471 g/mol. The number of nitrogens with zero attached hydrogens (tertiary/aromatic N) is 2. The molecule has 1 heterocycles. The number of aromatic amines is 1. The first-order chi connectivity index (χ1) is 16.4. The van der Waals surface area contributed by atoms with Crippen LogP contribution in [0, 0.1) is 17.1 Å². The molecule has 0 aliphatic carbocycles. The van der Waals surface area contributed by atoms with Gasteiger partial charge < -0.3 is 5.11 Å². The lowest BCUT2D eigenvalue weighted by Gasteiger charge is -2.19. The second-order valence-electron chi connectivity index (χ2n) is 7.56. The molecule has 0 aliphatic rings. The van der Waals surface area contributed by atoms with Crippen molar-refractivity contribution in [1.82, 2.24) is 10.2 Å². The molecule has 0 unspecified atom stereocenters. The van der Waals surface area contributed by atoms with E-state index in [0.29, 0.717) is 34.1 Å². The average molecular weight is 472 g/mol. The number of carbonyl (C=O) groups is 1. The van der Waals surface area contributed by atoms with E-state index in [9.17, 15) is 14.4 Å². The number of allylic oxidation sites excluding steroid dienone is 1. The van der Waals surface area contributed by atoms with E-state index in [1.807, 2.05) is 31.2 Å². The molecule has 0 saturated carbocycles. The van der Waals surface area contributed by atoms with Crippen molar-refractivity contribution < 1.29 is 14.3 Å². The average Bonchev–Trinajstić information content (AvgIpc) is 3.31. The topological polar surface area (TPSA) is 89.8 Å². The first-order valence-electron chi connectivity index (χ1n) is 10.5. The van der Waals surface area contributed by atoms with E-state index in [1.54, 1.807) is 24.4 Å². The molecule has 0 atom stereocenters. The van der Waals surface area contributed by atoms with E-state index < -0.39 is 11.8 Å². The lowest BCUT2D eigenvalue weighted by atomic mass is 9.85. The van der Waals surface area contributed by atoms with Gasteiger partial charge in [-0.2, -0.15) is 10.4 Å². The third kappa shape index (κ3) is 4.47. The number of hydrogen-bond acceptors (Lipinski definition) is 3. The third-order valence-electron chi connectivity index (χ3n) is 5.53. The molecule has 0 fully saturated rings. The summed E-state index contributed by atoms with van der Waals surface area (Å²) < 4.78 is 13.8. The van der Waals surface area contributed by atoms with Gasteiger partial charge in [-0.25, -0.2) is 9.18 Å². The number of nitriles is 1. The van der Waals surface area contributed by atoms with Crippen molar-refractivity contribution in [2.24, 2.45) is 0 Å². The van der Waals surface area contributed by atoms with Gasteiger partial charge in [-0.3, -0.25) is 5.10 Å². The minimum atomic E-state index is -1.03. The summed E-state index contributed by atoms with van der Waals surface area (Å²) in [5.41, 5.74) is 5.72. The summed E-state index contributed by atoms with van der Waals surface area (Å²) >= 11 is 6.45. The maximum absolute atomic E-state index is 13.8. The molecule has 0 saturated heterocycles. The Hall–Kier alpha value is -4.21. The number of hydrogen-bond donors (Lipinski definition) is 2. The molecule has 2 N–H and O–H groups in total. The van der Waals surface area contributed by atoms with Crippen LogP contribution < -0.4 is 0 Å². The molecule has 3 aromatic carbocycles. The first kappa shape index (κ1) is 23.0.